The van der Waals surface area contributed by atoms with E-state index in [1.54, 1.807) is 0 Å². The van der Waals surface area contributed by atoms with Gasteiger partial charge >= 0.3 is 0 Å². The van der Waals surface area contributed by atoms with E-state index >= 15 is 0 Å². The van der Waals surface area contributed by atoms with Gasteiger partial charge in [-0.15, -0.1) is 0 Å². The second-order valence-electron chi connectivity index (χ2n) is 7.12. The van der Waals surface area contributed by atoms with Gasteiger partial charge in [0.1, 0.15) is 0 Å². The maximum Gasteiger partial charge on any atom is 0.0506 e. The van der Waals surface area contributed by atoms with Gasteiger partial charge in [-0.05, 0) is 50.6 Å². The molecule has 1 saturated heterocycles. The van der Waals surface area contributed by atoms with Gasteiger partial charge in [0.15, 0.2) is 0 Å². The molecule has 2 rings (SSSR count). The first-order valence-electron chi connectivity index (χ1n) is 8.71. The highest BCUT2D eigenvalue weighted by Crippen LogP contribution is 2.36. The van der Waals surface area contributed by atoms with Crippen LogP contribution in [0.1, 0.15) is 51.9 Å². The molecule has 0 amide bonds. The Labute approximate surface area is 125 Å². The molecule has 2 fully saturated rings. The Morgan fingerprint density at radius 2 is 2.00 bits per heavy atom. The van der Waals surface area contributed by atoms with Crippen molar-refractivity contribution in [2.45, 2.75) is 51.9 Å². The molecule has 1 N–H and O–H groups in total. The van der Waals surface area contributed by atoms with Crippen LogP contribution in [0.25, 0.3) is 0 Å². The second kappa shape index (κ2) is 8.35. The molecule has 1 atom stereocenters. The van der Waals surface area contributed by atoms with Gasteiger partial charge in [0.05, 0.1) is 6.61 Å². The largest absolute Gasteiger partial charge is 0.381 e. The molecular weight excluding hydrogens is 248 g/mol. The summed E-state index contributed by atoms with van der Waals surface area (Å²) in [5.74, 6) is 0.758. The molecule has 0 aromatic heterocycles. The number of nitrogens with one attached hydrogen (secondary N) is 1. The molecule has 0 bridgehead atoms. The van der Waals surface area contributed by atoms with E-state index in [0.717, 1.165) is 25.7 Å². The van der Waals surface area contributed by atoms with Gasteiger partial charge in [-0.25, -0.2) is 0 Å². The summed E-state index contributed by atoms with van der Waals surface area (Å²) in [6.45, 7) is 8.95. The minimum absolute atomic E-state index is 0.526. The highest BCUT2D eigenvalue weighted by Gasteiger charge is 2.33. The molecule has 2 aliphatic rings. The number of ether oxygens (including phenoxy) is 1. The molecule has 3 nitrogen and oxygen atoms in total. The maximum absolute atomic E-state index is 5.62. The SMILES string of the molecule is CCNCC1(CN(C)CC2CCCOC2)CCCCC1. The van der Waals surface area contributed by atoms with Gasteiger partial charge in [0, 0.05) is 26.2 Å². The Hall–Kier alpha value is -0.120. The fourth-order valence-corrected chi connectivity index (χ4v) is 4.11. The lowest BCUT2D eigenvalue weighted by Gasteiger charge is -2.41. The molecule has 1 unspecified atom stereocenters. The summed E-state index contributed by atoms with van der Waals surface area (Å²) >= 11 is 0. The van der Waals surface area contributed by atoms with Crippen molar-refractivity contribution in [1.82, 2.24) is 10.2 Å². The fourth-order valence-electron chi connectivity index (χ4n) is 4.11. The molecule has 3 heteroatoms. The first-order chi connectivity index (χ1) is 9.74. The molecule has 0 aromatic rings. The zero-order chi connectivity index (χ0) is 14.3. The van der Waals surface area contributed by atoms with Crippen LogP contribution >= 0.6 is 0 Å². The van der Waals surface area contributed by atoms with Gasteiger partial charge in [-0.2, -0.15) is 0 Å². The van der Waals surface area contributed by atoms with Gasteiger partial charge in [0.25, 0.3) is 0 Å². The lowest BCUT2D eigenvalue weighted by molar-refractivity contribution is 0.0313. The molecule has 1 saturated carbocycles. The summed E-state index contributed by atoms with van der Waals surface area (Å²) in [6.07, 6.45) is 9.70. The van der Waals surface area contributed by atoms with Crippen LogP contribution in [0.3, 0.4) is 0 Å². The molecule has 118 valence electrons. The van der Waals surface area contributed by atoms with Crippen LogP contribution in [0.2, 0.25) is 0 Å². The first kappa shape index (κ1) is 16.3. The number of hydrogen-bond donors (Lipinski definition) is 1. The average molecular weight is 282 g/mol. The highest BCUT2D eigenvalue weighted by molar-refractivity contribution is 4.87. The predicted molar refractivity (Wildman–Crippen MR) is 85.1 cm³/mol. The van der Waals surface area contributed by atoms with Crippen LogP contribution in [0, 0.1) is 11.3 Å². The first-order valence-corrected chi connectivity index (χ1v) is 8.71. The highest BCUT2D eigenvalue weighted by atomic mass is 16.5. The Morgan fingerprint density at radius 3 is 2.65 bits per heavy atom. The zero-order valence-corrected chi connectivity index (χ0v) is 13.6. The van der Waals surface area contributed by atoms with Crippen molar-refractivity contribution in [2.24, 2.45) is 11.3 Å². The van der Waals surface area contributed by atoms with E-state index in [-0.39, 0.29) is 0 Å². The summed E-state index contributed by atoms with van der Waals surface area (Å²) in [7, 11) is 2.32. The van der Waals surface area contributed by atoms with Crippen LogP contribution in [0.4, 0.5) is 0 Å². The van der Waals surface area contributed by atoms with E-state index in [0.29, 0.717) is 5.41 Å². The summed E-state index contributed by atoms with van der Waals surface area (Å²) < 4.78 is 5.62. The quantitative estimate of drug-likeness (QED) is 0.777. The summed E-state index contributed by atoms with van der Waals surface area (Å²) in [6, 6.07) is 0. The van der Waals surface area contributed by atoms with E-state index in [1.165, 1.54) is 64.6 Å². The van der Waals surface area contributed by atoms with Gasteiger partial charge in [0.2, 0.25) is 0 Å². The lowest BCUT2D eigenvalue weighted by Crippen LogP contribution is -2.45. The van der Waals surface area contributed by atoms with Crippen molar-refractivity contribution >= 4 is 0 Å². The van der Waals surface area contributed by atoms with Crippen LogP contribution in [-0.4, -0.2) is 51.3 Å². The van der Waals surface area contributed by atoms with Crippen molar-refractivity contribution in [1.29, 1.82) is 0 Å². The van der Waals surface area contributed by atoms with E-state index in [2.05, 4.69) is 24.2 Å². The molecule has 0 aromatic carbocycles. The van der Waals surface area contributed by atoms with Crippen molar-refractivity contribution in [3.63, 3.8) is 0 Å². The third-order valence-corrected chi connectivity index (χ3v) is 5.09. The fraction of sp³-hybridized carbons (Fsp3) is 1.00. The maximum atomic E-state index is 5.62. The van der Waals surface area contributed by atoms with Crippen LogP contribution in [0.15, 0.2) is 0 Å². The van der Waals surface area contributed by atoms with E-state index in [9.17, 15) is 0 Å². The van der Waals surface area contributed by atoms with Crippen molar-refractivity contribution in [3.8, 4) is 0 Å². The van der Waals surface area contributed by atoms with Crippen LogP contribution in [0.5, 0.6) is 0 Å². The van der Waals surface area contributed by atoms with Gasteiger partial charge in [-0.3, -0.25) is 0 Å². The van der Waals surface area contributed by atoms with E-state index < -0.39 is 0 Å². The van der Waals surface area contributed by atoms with Gasteiger partial charge in [-0.1, -0.05) is 26.2 Å². The second-order valence-corrected chi connectivity index (χ2v) is 7.12. The van der Waals surface area contributed by atoms with Gasteiger partial charge < -0.3 is 15.0 Å². The average Bonchev–Trinajstić information content (AvgIpc) is 2.47. The Bertz CT molecular complexity index is 258. The van der Waals surface area contributed by atoms with E-state index in [1.807, 2.05) is 0 Å². The Balaban J connectivity index is 1.82. The number of hydrogen-bond acceptors (Lipinski definition) is 3. The van der Waals surface area contributed by atoms with Crippen molar-refractivity contribution in [3.05, 3.63) is 0 Å². The standard InChI is InChI=1S/C17H34N2O/c1-3-18-14-17(9-5-4-6-10-17)15-19(2)12-16-8-7-11-20-13-16/h16,18H,3-15H2,1-2H3. The number of rotatable bonds is 7. The molecular formula is C17H34N2O. The molecule has 1 aliphatic heterocycles. The zero-order valence-electron chi connectivity index (χ0n) is 13.6. The molecule has 1 aliphatic carbocycles. The van der Waals surface area contributed by atoms with Crippen molar-refractivity contribution in [2.75, 3.05) is 46.4 Å². The summed E-state index contributed by atoms with van der Waals surface area (Å²) in [5.41, 5.74) is 0.526. The van der Waals surface area contributed by atoms with E-state index in [4.69, 9.17) is 4.74 Å². The summed E-state index contributed by atoms with van der Waals surface area (Å²) in [5, 5.41) is 3.62. The lowest BCUT2D eigenvalue weighted by atomic mass is 9.73. The Kier molecular flexibility index (Phi) is 6.79. The number of nitrogens with zero attached hydrogens (tertiary/aromatic N) is 1. The Morgan fingerprint density at radius 1 is 1.20 bits per heavy atom. The topological polar surface area (TPSA) is 24.5 Å². The third-order valence-electron chi connectivity index (χ3n) is 5.09. The molecule has 20 heavy (non-hydrogen) atoms. The van der Waals surface area contributed by atoms with Crippen LogP contribution in [-0.2, 0) is 4.74 Å². The smallest absolute Gasteiger partial charge is 0.0506 e. The van der Waals surface area contributed by atoms with Crippen LogP contribution < -0.4 is 5.32 Å². The minimum Gasteiger partial charge on any atom is -0.381 e. The third kappa shape index (κ3) is 5.01. The molecule has 0 spiro atoms. The predicted octanol–water partition coefficient (Wildman–Crippen LogP) is 2.90. The monoisotopic (exact) mass is 282 g/mol. The molecule has 1 heterocycles. The molecule has 0 radical (unpaired) electrons. The normalized spacial score (nSPS) is 26.9. The van der Waals surface area contributed by atoms with Crippen molar-refractivity contribution < 1.29 is 4.74 Å². The summed E-state index contributed by atoms with van der Waals surface area (Å²) in [4.78, 5) is 2.59. The minimum atomic E-state index is 0.526.